The molecule has 0 bridgehead atoms. The van der Waals surface area contributed by atoms with Crippen LogP contribution in [0.2, 0.25) is 0 Å². The monoisotopic (exact) mass is 538 g/mol. The fourth-order valence-electron chi connectivity index (χ4n) is 5.88. The van der Waals surface area contributed by atoms with Crippen molar-refractivity contribution in [2.75, 3.05) is 0 Å². The molecule has 0 aliphatic carbocycles. The Balaban J connectivity index is 1.38. The molecule has 1 unspecified atom stereocenters. The average Bonchev–Trinajstić information content (AvgIpc) is 3.69. The van der Waals surface area contributed by atoms with Crippen LogP contribution >= 0.6 is 11.3 Å². The first-order valence-electron chi connectivity index (χ1n) is 13.2. The van der Waals surface area contributed by atoms with Crippen LogP contribution in [0.25, 0.3) is 59.2 Å². The summed E-state index contributed by atoms with van der Waals surface area (Å²) in [5.74, 6) is 1.63. The number of imidazole rings is 1. The zero-order chi connectivity index (χ0) is 26.8. The molecular formula is C34H23FN4S. The van der Waals surface area contributed by atoms with Crippen LogP contribution in [-0.2, 0) is 7.05 Å². The van der Waals surface area contributed by atoms with Crippen LogP contribution in [0, 0.1) is 0 Å². The van der Waals surface area contributed by atoms with Gasteiger partial charge in [-0.1, -0.05) is 60.7 Å². The van der Waals surface area contributed by atoms with Gasteiger partial charge in [-0.15, -0.1) is 11.3 Å². The van der Waals surface area contributed by atoms with E-state index < -0.39 is 6.17 Å². The van der Waals surface area contributed by atoms with Crippen molar-refractivity contribution in [3.8, 4) is 17.2 Å². The molecule has 40 heavy (non-hydrogen) atoms. The number of benzene rings is 4. The van der Waals surface area contributed by atoms with Gasteiger partial charge >= 0.3 is 0 Å². The third kappa shape index (κ3) is 3.43. The fraction of sp³-hybridized carbons (Fsp3) is 0.0588. The topological polar surface area (TPSA) is 35.6 Å². The second-order valence-electron chi connectivity index (χ2n) is 10.1. The molecule has 6 heteroatoms. The van der Waals surface area contributed by atoms with E-state index in [0.29, 0.717) is 11.1 Å². The molecule has 8 aromatic rings. The number of rotatable bonds is 4. The Morgan fingerprint density at radius 1 is 0.725 bits per heavy atom. The number of hydrogen-bond donors (Lipinski definition) is 0. The Morgan fingerprint density at radius 2 is 1.57 bits per heavy atom. The van der Waals surface area contributed by atoms with Crippen LogP contribution in [0.1, 0.15) is 17.3 Å². The molecule has 8 rings (SSSR count). The minimum Gasteiger partial charge on any atom is -0.334 e. The van der Waals surface area contributed by atoms with Crippen LogP contribution in [0.4, 0.5) is 4.39 Å². The summed E-state index contributed by atoms with van der Waals surface area (Å²) in [6.45, 7) is 0. The number of aromatic nitrogens is 4. The van der Waals surface area contributed by atoms with E-state index in [-0.39, 0.29) is 0 Å². The molecule has 192 valence electrons. The molecule has 4 heterocycles. The maximum absolute atomic E-state index is 16.3. The minimum atomic E-state index is -1.29. The van der Waals surface area contributed by atoms with Crippen molar-refractivity contribution in [3.63, 3.8) is 0 Å². The number of fused-ring (bicyclic) bond motifs is 7. The van der Waals surface area contributed by atoms with E-state index in [2.05, 4.69) is 52.0 Å². The summed E-state index contributed by atoms with van der Waals surface area (Å²) in [7, 11) is 1.94. The standard InChI is InChI=1S/C34H23FN4S/c1-38-18-17-37-34(38)23-8-6-7-21(19-23)32(35)22-12-13-24-25-14-15-29-31(26-9-2-3-10-28(26)40-29)33(25)39(27(24)20-22)30-11-4-5-16-36-30/h2-20,32H,1H3. The van der Waals surface area contributed by atoms with Gasteiger partial charge in [0, 0.05) is 62.1 Å². The summed E-state index contributed by atoms with van der Waals surface area (Å²) in [6.07, 6.45) is 4.17. The maximum atomic E-state index is 16.3. The summed E-state index contributed by atoms with van der Waals surface area (Å²) in [5, 5.41) is 4.65. The van der Waals surface area contributed by atoms with Crippen molar-refractivity contribution in [2.24, 2.45) is 7.05 Å². The van der Waals surface area contributed by atoms with Crippen molar-refractivity contribution < 1.29 is 4.39 Å². The predicted octanol–water partition coefficient (Wildman–Crippen LogP) is 9.01. The Bertz CT molecular complexity index is 2210. The molecule has 0 saturated heterocycles. The van der Waals surface area contributed by atoms with E-state index in [4.69, 9.17) is 4.98 Å². The van der Waals surface area contributed by atoms with Crippen molar-refractivity contribution in [3.05, 3.63) is 127 Å². The lowest BCUT2D eigenvalue weighted by molar-refractivity contribution is 0.402. The third-order valence-electron chi connectivity index (χ3n) is 7.72. The number of nitrogens with zero attached hydrogens (tertiary/aromatic N) is 4. The quantitative estimate of drug-likeness (QED) is 0.224. The van der Waals surface area contributed by atoms with Crippen LogP contribution < -0.4 is 0 Å². The van der Waals surface area contributed by atoms with Gasteiger partial charge < -0.3 is 4.57 Å². The van der Waals surface area contributed by atoms with Crippen molar-refractivity contribution in [1.82, 2.24) is 19.1 Å². The second-order valence-corrected chi connectivity index (χ2v) is 11.2. The number of pyridine rings is 1. The Hall–Kier alpha value is -4.81. The van der Waals surface area contributed by atoms with Gasteiger partial charge in [0.25, 0.3) is 0 Å². The predicted molar refractivity (Wildman–Crippen MR) is 163 cm³/mol. The maximum Gasteiger partial charge on any atom is 0.150 e. The van der Waals surface area contributed by atoms with Crippen molar-refractivity contribution in [1.29, 1.82) is 0 Å². The molecule has 0 saturated carbocycles. The van der Waals surface area contributed by atoms with Gasteiger partial charge in [-0.25, -0.2) is 14.4 Å². The Kier molecular flexibility index (Phi) is 5.12. The fourth-order valence-corrected chi connectivity index (χ4v) is 6.99. The van der Waals surface area contributed by atoms with Crippen LogP contribution in [0.15, 0.2) is 116 Å². The highest BCUT2D eigenvalue weighted by Gasteiger charge is 2.21. The molecule has 1 atom stereocenters. The van der Waals surface area contributed by atoms with Crippen molar-refractivity contribution in [2.45, 2.75) is 6.17 Å². The van der Waals surface area contributed by atoms with Crippen LogP contribution in [0.5, 0.6) is 0 Å². The van der Waals surface area contributed by atoms with Gasteiger partial charge in [0.2, 0.25) is 0 Å². The van der Waals surface area contributed by atoms with Gasteiger partial charge in [0.15, 0.2) is 6.17 Å². The summed E-state index contributed by atoms with van der Waals surface area (Å²) in [4.78, 5) is 9.18. The lowest BCUT2D eigenvalue weighted by atomic mass is 9.99. The Morgan fingerprint density at radius 3 is 2.42 bits per heavy atom. The first-order chi connectivity index (χ1) is 19.7. The number of aryl methyl sites for hydroxylation is 1. The Labute approximate surface area is 233 Å². The SMILES string of the molecule is Cn1ccnc1-c1cccc(C(F)c2ccc3c4ccc5sc6ccccc6c5c4n(-c4ccccn4)c3c2)c1. The number of thiophene rings is 1. The highest BCUT2D eigenvalue weighted by Crippen LogP contribution is 2.43. The zero-order valence-corrected chi connectivity index (χ0v) is 22.4. The lowest BCUT2D eigenvalue weighted by Crippen LogP contribution is -1.99. The molecule has 0 aliphatic heterocycles. The third-order valence-corrected chi connectivity index (χ3v) is 8.86. The minimum absolute atomic E-state index is 0.603. The molecule has 0 radical (unpaired) electrons. The van der Waals surface area contributed by atoms with Gasteiger partial charge in [-0.2, -0.15) is 0 Å². The van der Waals surface area contributed by atoms with E-state index in [1.807, 2.05) is 78.6 Å². The molecule has 0 spiro atoms. The normalized spacial score (nSPS) is 12.7. The summed E-state index contributed by atoms with van der Waals surface area (Å²) < 4.78 is 22.9. The van der Waals surface area contributed by atoms with E-state index in [0.717, 1.165) is 39.0 Å². The molecule has 4 nitrogen and oxygen atoms in total. The van der Waals surface area contributed by atoms with Gasteiger partial charge in [-0.05, 0) is 47.5 Å². The summed E-state index contributed by atoms with van der Waals surface area (Å²) in [6, 6.07) is 32.4. The molecule has 4 aromatic heterocycles. The van der Waals surface area contributed by atoms with E-state index in [1.54, 1.807) is 17.5 Å². The average molecular weight is 539 g/mol. The molecule has 0 amide bonds. The van der Waals surface area contributed by atoms with E-state index >= 15 is 4.39 Å². The molecule has 0 N–H and O–H groups in total. The lowest BCUT2D eigenvalue weighted by Gasteiger charge is -2.12. The summed E-state index contributed by atoms with van der Waals surface area (Å²) >= 11 is 1.80. The highest BCUT2D eigenvalue weighted by atomic mass is 32.1. The van der Waals surface area contributed by atoms with Crippen molar-refractivity contribution >= 4 is 53.3 Å². The molecule has 4 aromatic carbocycles. The number of hydrogen-bond acceptors (Lipinski definition) is 3. The first-order valence-corrected chi connectivity index (χ1v) is 14.0. The summed E-state index contributed by atoms with van der Waals surface area (Å²) in [5.41, 5.74) is 4.15. The smallest absolute Gasteiger partial charge is 0.150 e. The van der Waals surface area contributed by atoms with Crippen LogP contribution in [-0.4, -0.2) is 19.1 Å². The number of alkyl halides is 1. The zero-order valence-electron chi connectivity index (χ0n) is 21.6. The van der Waals surface area contributed by atoms with Gasteiger partial charge in [0.05, 0.1) is 11.0 Å². The molecular weight excluding hydrogens is 515 g/mol. The van der Waals surface area contributed by atoms with Gasteiger partial charge in [0.1, 0.15) is 11.6 Å². The van der Waals surface area contributed by atoms with Gasteiger partial charge in [-0.3, -0.25) is 4.57 Å². The highest BCUT2D eigenvalue weighted by molar-refractivity contribution is 7.26. The van der Waals surface area contributed by atoms with Crippen LogP contribution in [0.3, 0.4) is 0 Å². The molecule has 0 fully saturated rings. The van der Waals surface area contributed by atoms with E-state index in [1.165, 1.54) is 20.2 Å². The molecule has 0 aliphatic rings. The largest absolute Gasteiger partial charge is 0.334 e. The second kappa shape index (κ2) is 8.86. The first kappa shape index (κ1) is 23.1. The number of halogens is 1. The van der Waals surface area contributed by atoms with E-state index in [9.17, 15) is 0 Å².